The number of para-hydroxylation sites is 1. The van der Waals surface area contributed by atoms with E-state index in [1.54, 1.807) is 11.0 Å². The van der Waals surface area contributed by atoms with Gasteiger partial charge in [0, 0.05) is 35.8 Å². The third-order valence-electron chi connectivity index (χ3n) is 6.95. The van der Waals surface area contributed by atoms with Gasteiger partial charge in [0.15, 0.2) is 11.6 Å². The smallest absolute Gasteiger partial charge is 0.410 e. The summed E-state index contributed by atoms with van der Waals surface area (Å²) in [5.74, 6) is -0.488. The maximum atomic E-state index is 13.3. The van der Waals surface area contributed by atoms with Gasteiger partial charge >= 0.3 is 6.09 Å². The van der Waals surface area contributed by atoms with Crippen molar-refractivity contribution in [1.29, 1.82) is 0 Å². The lowest BCUT2D eigenvalue weighted by atomic mass is 9.84. The second kappa shape index (κ2) is 11.5. The molecular weight excluding hydrogens is 504 g/mol. The van der Waals surface area contributed by atoms with Gasteiger partial charge in [-0.3, -0.25) is 14.4 Å². The van der Waals surface area contributed by atoms with Crippen molar-refractivity contribution in [3.05, 3.63) is 88.5 Å². The molecular formula is C33H36N2O5. The highest BCUT2D eigenvalue weighted by Crippen LogP contribution is 2.36. The van der Waals surface area contributed by atoms with Crippen LogP contribution in [0.5, 0.6) is 0 Å². The Morgan fingerprint density at radius 2 is 1.52 bits per heavy atom. The van der Waals surface area contributed by atoms with Gasteiger partial charge in [0.1, 0.15) is 5.60 Å². The van der Waals surface area contributed by atoms with Gasteiger partial charge in [-0.15, -0.1) is 0 Å². The zero-order chi connectivity index (χ0) is 29.2. The lowest BCUT2D eigenvalue weighted by molar-refractivity contribution is -0.114. The number of hydrogen-bond acceptors (Lipinski definition) is 5. The number of ether oxygens (including phenoxy) is 1. The first-order valence-corrected chi connectivity index (χ1v) is 13.5. The van der Waals surface area contributed by atoms with E-state index in [1.165, 1.54) is 20.8 Å². The number of carbonyl (C=O) groups is 4. The second-order valence-electron chi connectivity index (χ2n) is 11.3. The molecule has 3 aromatic carbocycles. The van der Waals surface area contributed by atoms with Crippen molar-refractivity contribution in [2.45, 2.75) is 66.0 Å². The lowest BCUT2D eigenvalue weighted by Crippen LogP contribution is -2.44. The molecule has 1 N–H and O–H groups in total. The van der Waals surface area contributed by atoms with Crippen LogP contribution in [0.4, 0.5) is 10.5 Å². The zero-order valence-electron chi connectivity index (χ0n) is 24.0. The van der Waals surface area contributed by atoms with Gasteiger partial charge in [-0.05, 0) is 87.9 Å². The molecule has 0 radical (unpaired) electrons. The van der Waals surface area contributed by atoms with E-state index in [1.807, 2.05) is 75.4 Å². The molecule has 0 fully saturated rings. The summed E-state index contributed by atoms with van der Waals surface area (Å²) in [6, 6.07) is 18.9. The molecule has 0 aliphatic carbocycles. The fourth-order valence-electron chi connectivity index (χ4n) is 5.17. The van der Waals surface area contributed by atoms with Gasteiger partial charge in [0.2, 0.25) is 5.91 Å². The number of anilines is 1. The predicted molar refractivity (Wildman–Crippen MR) is 156 cm³/mol. The molecule has 1 unspecified atom stereocenters. The predicted octanol–water partition coefficient (Wildman–Crippen LogP) is 6.79. The maximum Gasteiger partial charge on any atom is 0.410 e. The van der Waals surface area contributed by atoms with Crippen molar-refractivity contribution in [3.8, 4) is 11.1 Å². The van der Waals surface area contributed by atoms with Crippen LogP contribution < -0.4 is 5.32 Å². The molecule has 0 saturated heterocycles. The summed E-state index contributed by atoms with van der Waals surface area (Å²) in [5, 5.41) is 2.88. The Hall–Kier alpha value is -4.26. The summed E-state index contributed by atoms with van der Waals surface area (Å²) < 4.78 is 5.75. The minimum Gasteiger partial charge on any atom is -0.444 e. The molecule has 1 aliphatic heterocycles. The largest absolute Gasteiger partial charge is 0.444 e. The molecule has 0 saturated carbocycles. The molecule has 0 bridgehead atoms. The topological polar surface area (TPSA) is 92.8 Å². The number of carbonyl (C=O) groups excluding carboxylic acids is 4. The van der Waals surface area contributed by atoms with Crippen LogP contribution in [-0.2, 0) is 22.4 Å². The average Bonchev–Trinajstić information content (AvgIpc) is 2.87. The number of Topliss-reactive ketones (excluding diaryl/α,β-unsaturated/α-hetero) is 2. The summed E-state index contributed by atoms with van der Waals surface area (Å²) in [5.41, 5.74) is 5.52. The molecule has 1 heterocycles. The average molecular weight is 541 g/mol. The van der Waals surface area contributed by atoms with E-state index in [2.05, 4.69) is 5.32 Å². The molecule has 1 atom stereocenters. The Morgan fingerprint density at radius 1 is 0.900 bits per heavy atom. The minimum absolute atomic E-state index is 0.139. The molecule has 208 valence electrons. The third kappa shape index (κ3) is 6.47. The van der Waals surface area contributed by atoms with Crippen LogP contribution in [0.15, 0.2) is 60.7 Å². The number of amides is 2. The van der Waals surface area contributed by atoms with Crippen LogP contribution in [-0.4, -0.2) is 40.6 Å². The minimum atomic E-state index is -0.659. The van der Waals surface area contributed by atoms with Crippen LogP contribution in [0.3, 0.4) is 0 Å². The van der Waals surface area contributed by atoms with E-state index in [4.69, 9.17) is 4.74 Å². The van der Waals surface area contributed by atoms with E-state index in [9.17, 15) is 19.2 Å². The van der Waals surface area contributed by atoms with Crippen LogP contribution in [0.2, 0.25) is 0 Å². The SMILES string of the molecule is CC(=O)Nc1ccccc1-c1ccc(CC2c3cc(C(C)=O)c(C(C)=O)cc3CCN2C(=O)OC(C)(C)C)cc1. The van der Waals surface area contributed by atoms with E-state index in [0.717, 1.165) is 33.5 Å². The Morgan fingerprint density at radius 3 is 2.12 bits per heavy atom. The first kappa shape index (κ1) is 28.7. The summed E-state index contributed by atoms with van der Waals surface area (Å²) in [6.45, 7) is 10.3. The number of hydrogen-bond donors (Lipinski definition) is 1. The van der Waals surface area contributed by atoms with E-state index in [0.29, 0.717) is 30.5 Å². The summed E-state index contributed by atoms with van der Waals surface area (Å²) in [4.78, 5) is 51.6. The first-order chi connectivity index (χ1) is 18.8. The monoisotopic (exact) mass is 540 g/mol. The van der Waals surface area contributed by atoms with Gasteiger partial charge in [-0.2, -0.15) is 0 Å². The molecule has 7 nitrogen and oxygen atoms in total. The second-order valence-corrected chi connectivity index (χ2v) is 11.3. The van der Waals surface area contributed by atoms with Crippen molar-refractivity contribution in [2.24, 2.45) is 0 Å². The Labute approximate surface area is 235 Å². The Bertz CT molecular complexity index is 1470. The highest BCUT2D eigenvalue weighted by atomic mass is 16.6. The fraction of sp³-hybridized carbons (Fsp3) is 0.333. The fourth-order valence-corrected chi connectivity index (χ4v) is 5.17. The van der Waals surface area contributed by atoms with Gasteiger partial charge in [0.05, 0.1) is 6.04 Å². The first-order valence-electron chi connectivity index (χ1n) is 13.5. The highest BCUT2D eigenvalue weighted by molar-refractivity contribution is 6.07. The molecule has 7 heteroatoms. The molecule has 1 aliphatic rings. The highest BCUT2D eigenvalue weighted by Gasteiger charge is 2.35. The molecule has 3 aromatic rings. The van der Waals surface area contributed by atoms with Crippen molar-refractivity contribution < 1.29 is 23.9 Å². The molecule has 0 aromatic heterocycles. The number of rotatable bonds is 6. The molecule has 4 rings (SSSR count). The Kier molecular flexibility index (Phi) is 8.24. The number of benzene rings is 3. The van der Waals surface area contributed by atoms with Gasteiger partial charge in [-0.25, -0.2) is 4.79 Å². The van der Waals surface area contributed by atoms with Crippen LogP contribution in [0.25, 0.3) is 11.1 Å². The van der Waals surface area contributed by atoms with E-state index in [-0.39, 0.29) is 23.5 Å². The summed E-state index contributed by atoms with van der Waals surface area (Å²) >= 11 is 0. The quantitative estimate of drug-likeness (QED) is 0.347. The van der Waals surface area contributed by atoms with Crippen molar-refractivity contribution in [3.63, 3.8) is 0 Å². The normalized spacial score (nSPS) is 14.8. The van der Waals surface area contributed by atoms with Crippen LogP contribution in [0, 0.1) is 0 Å². The van der Waals surface area contributed by atoms with E-state index >= 15 is 0 Å². The molecule has 40 heavy (non-hydrogen) atoms. The standard InChI is InChI=1S/C33H36N2O5/c1-20(36)27-18-25-15-16-35(32(39)40-33(4,5)6)31(29(25)19-28(27)21(2)37)17-23-11-13-24(14-12-23)26-9-7-8-10-30(26)34-22(3)38/h7-14,18-19,31H,15-17H2,1-6H3,(H,34,38). The van der Waals surface area contributed by atoms with Gasteiger partial charge in [-0.1, -0.05) is 42.5 Å². The number of nitrogens with zero attached hydrogens (tertiary/aromatic N) is 1. The van der Waals surface area contributed by atoms with Crippen molar-refractivity contribution >= 4 is 29.3 Å². The summed E-state index contributed by atoms with van der Waals surface area (Å²) in [6.07, 6.45) is 0.642. The van der Waals surface area contributed by atoms with E-state index < -0.39 is 11.7 Å². The molecule has 0 spiro atoms. The number of ketones is 2. The van der Waals surface area contributed by atoms with Gasteiger partial charge in [0.25, 0.3) is 0 Å². The molecule has 2 amide bonds. The van der Waals surface area contributed by atoms with Crippen molar-refractivity contribution in [2.75, 3.05) is 11.9 Å². The maximum absolute atomic E-state index is 13.3. The summed E-state index contributed by atoms with van der Waals surface area (Å²) in [7, 11) is 0. The number of fused-ring (bicyclic) bond motifs is 1. The third-order valence-corrected chi connectivity index (χ3v) is 6.95. The van der Waals surface area contributed by atoms with Crippen molar-refractivity contribution in [1.82, 2.24) is 4.90 Å². The van der Waals surface area contributed by atoms with Crippen LogP contribution in [0.1, 0.15) is 85.0 Å². The Balaban J connectivity index is 1.73. The lowest BCUT2D eigenvalue weighted by Gasteiger charge is -2.38. The number of nitrogens with one attached hydrogen (secondary N) is 1. The van der Waals surface area contributed by atoms with Gasteiger partial charge < -0.3 is 15.0 Å². The zero-order valence-corrected chi connectivity index (χ0v) is 24.0. The van der Waals surface area contributed by atoms with Crippen LogP contribution >= 0.6 is 0 Å².